The van der Waals surface area contributed by atoms with Crippen LogP contribution in [-0.2, 0) is 15.8 Å². The van der Waals surface area contributed by atoms with Crippen molar-refractivity contribution in [1.82, 2.24) is 0 Å². The average Bonchev–Trinajstić information content (AvgIpc) is 3.02. The second-order valence-corrected chi connectivity index (χ2v) is 15.9. The van der Waals surface area contributed by atoms with Gasteiger partial charge in [0.15, 0.2) is 0 Å². The molecule has 1 aromatic rings. The zero-order valence-electron chi connectivity index (χ0n) is 21.2. The largest absolute Gasteiger partial charge is 0.546 e. The number of allylic oxidation sites excluding steroid dienone is 2. The van der Waals surface area contributed by atoms with Gasteiger partial charge in [-0.1, -0.05) is 80.8 Å². The lowest BCUT2D eigenvalue weighted by Crippen LogP contribution is -2.40. The molecule has 0 heterocycles. The number of halogens is 1. The van der Waals surface area contributed by atoms with E-state index in [2.05, 4.69) is 81.0 Å². The molecule has 2 rings (SSSR count). The van der Waals surface area contributed by atoms with Gasteiger partial charge in [0.25, 0.3) is 0 Å². The highest BCUT2D eigenvalue weighted by Crippen LogP contribution is 2.45. The van der Waals surface area contributed by atoms with Crippen LogP contribution >= 0.6 is 15.9 Å². The van der Waals surface area contributed by atoms with Crippen LogP contribution in [0, 0.1) is 5.92 Å². The van der Waals surface area contributed by atoms with Crippen molar-refractivity contribution >= 4 is 24.2 Å². The van der Waals surface area contributed by atoms with Gasteiger partial charge in [-0.2, -0.15) is 0 Å². The monoisotopic (exact) mass is 522 g/mol. The fourth-order valence-corrected chi connectivity index (χ4v) is 5.56. The minimum Gasteiger partial charge on any atom is -0.546 e. The molecule has 1 aliphatic rings. The standard InChI is InChI=1S/C27H43BrO3Si/c1-8-9-10-11-12-13-14-23-24(30-20-21-15-17-22(29-5)18-16-21)19-25(26(23)28)31-32(6,7)27(2,3)4/h12-13,15-18,23-24H,8-11,14,19-20H2,1-7H3/b13-12-/t23-,24+/m0/s1. The first-order valence-corrected chi connectivity index (χ1v) is 15.8. The van der Waals surface area contributed by atoms with Crippen molar-refractivity contribution in [3.8, 4) is 5.75 Å². The Labute approximate surface area is 205 Å². The zero-order valence-corrected chi connectivity index (χ0v) is 23.8. The molecule has 0 saturated carbocycles. The van der Waals surface area contributed by atoms with Crippen LogP contribution in [-0.4, -0.2) is 21.5 Å². The van der Waals surface area contributed by atoms with Gasteiger partial charge in [0.2, 0.25) is 8.32 Å². The van der Waals surface area contributed by atoms with Crippen LogP contribution in [0.3, 0.4) is 0 Å². The molecule has 3 nitrogen and oxygen atoms in total. The smallest absolute Gasteiger partial charge is 0.250 e. The van der Waals surface area contributed by atoms with E-state index in [-0.39, 0.29) is 11.1 Å². The molecule has 2 atom stereocenters. The van der Waals surface area contributed by atoms with Crippen molar-refractivity contribution in [3.63, 3.8) is 0 Å². The number of rotatable bonds is 12. The Balaban J connectivity index is 2.09. The summed E-state index contributed by atoms with van der Waals surface area (Å²) in [6, 6.07) is 8.13. The first kappa shape index (κ1) is 27.2. The minimum absolute atomic E-state index is 0.117. The lowest BCUT2D eigenvalue weighted by Gasteiger charge is -2.37. The minimum atomic E-state index is -1.90. The Morgan fingerprint density at radius 3 is 2.38 bits per heavy atom. The van der Waals surface area contributed by atoms with Crippen molar-refractivity contribution in [2.24, 2.45) is 5.92 Å². The summed E-state index contributed by atoms with van der Waals surface area (Å²) in [6.45, 7) is 14.3. The van der Waals surface area contributed by atoms with Crippen LogP contribution in [0.15, 0.2) is 46.7 Å². The van der Waals surface area contributed by atoms with Crippen LogP contribution < -0.4 is 4.74 Å². The van der Waals surface area contributed by atoms with E-state index in [9.17, 15) is 0 Å². The number of unbranched alkanes of at least 4 members (excludes halogenated alkanes) is 3. The fraction of sp³-hybridized carbons (Fsp3) is 0.630. The van der Waals surface area contributed by atoms with Gasteiger partial charge < -0.3 is 13.9 Å². The van der Waals surface area contributed by atoms with E-state index in [0.29, 0.717) is 12.5 Å². The van der Waals surface area contributed by atoms with E-state index in [0.717, 1.165) is 36.3 Å². The number of methoxy groups -OCH3 is 1. The molecule has 0 aliphatic heterocycles. The molecule has 0 radical (unpaired) electrons. The van der Waals surface area contributed by atoms with Crippen molar-refractivity contribution in [1.29, 1.82) is 0 Å². The van der Waals surface area contributed by atoms with Crippen molar-refractivity contribution in [2.75, 3.05) is 7.11 Å². The van der Waals surface area contributed by atoms with Crippen LogP contribution in [0.1, 0.15) is 71.8 Å². The Morgan fingerprint density at radius 2 is 1.78 bits per heavy atom. The highest BCUT2D eigenvalue weighted by molar-refractivity contribution is 9.11. The molecule has 0 bridgehead atoms. The van der Waals surface area contributed by atoms with E-state index in [1.165, 1.54) is 23.7 Å². The molecule has 5 heteroatoms. The molecule has 32 heavy (non-hydrogen) atoms. The summed E-state index contributed by atoms with van der Waals surface area (Å²) in [7, 11) is -0.205. The maximum Gasteiger partial charge on any atom is 0.250 e. The predicted octanol–water partition coefficient (Wildman–Crippen LogP) is 8.76. The second kappa shape index (κ2) is 12.4. The number of hydrogen-bond donors (Lipinski definition) is 0. The maximum absolute atomic E-state index is 6.73. The molecular weight excluding hydrogens is 480 g/mol. The van der Waals surface area contributed by atoms with E-state index in [1.807, 2.05) is 12.1 Å². The second-order valence-electron chi connectivity index (χ2n) is 10.3. The Bertz CT molecular complexity index is 762. The van der Waals surface area contributed by atoms with Gasteiger partial charge in [0.05, 0.1) is 25.6 Å². The SMILES string of the molecule is CCCCC/C=C\C[C@@H]1C(Br)=C(O[Si](C)(C)C(C)(C)C)C[C@H]1OCc1ccc(OC)cc1. The summed E-state index contributed by atoms with van der Waals surface area (Å²) >= 11 is 3.92. The van der Waals surface area contributed by atoms with Crippen molar-refractivity contribution < 1.29 is 13.9 Å². The molecule has 0 fully saturated rings. The third kappa shape index (κ3) is 7.77. The van der Waals surface area contributed by atoms with E-state index >= 15 is 0 Å². The van der Waals surface area contributed by atoms with Gasteiger partial charge in [0, 0.05) is 16.8 Å². The van der Waals surface area contributed by atoms with Gasteiger partial charge in [-0.3, -0.25) is 0 Å². The zero-order chi connectivity index (χ0) is 23.8. The normalized spacial score (nSPS) is 19.8. The molecule has 0 N–H and O–H groups in total. The third-order valence-corrected chi connectivity index (χ3v) is 12.2. The molecule has 0 unspecified atom stereocenters. The summed E-state index contributed by atoms with van der Waals surface area (Å²) < 4.78 is 19.7. The topological polar surface area (TPSA) is 27.7 Å². The van der Waals surface area contributed by atoms with Gasteiger partial charge >= 0.3 is 0 Å². The predicted molar refractivity (Wildman–Crippen MR) is 142 cm³/mol. The summed E-state index contributed by atoms with van der Waals surface area (Å²) in [4.78, 5) is 0. The highest BCUT2D eigenvalue weighted by atomic mass is 79.9. The quantitative estimate of drug-likeness (QED) is 0.156. The van der Waals surface area contributed by atoms with Crippen LogP contribution in [0.25, 0.3) is 0 Å². The summed E-state index contributed by atoms with van der Waals surface area (Å²) in [5, 5.41) is 0.171. The van der Waals surface area contributed by atoms with Crippen molar-refractivity contribution in [3.05, 3.63) is 52.2 Å². The van der Waals surface area contributed by atoms with E-state index in [1.54, 1.807) is 7.11 Å². The number of hydrogen-bond acceptors (Lipinski definition) is 3. The molecule has 1 aliphatic carbocycles. The first-order chi connectivity index (χ1) is 15.1. The van der Waals surface area contributed by atoms with Gasteiger partial charge in [-0.25, -0.2) is 0 Å². The Hall–Kier alpha value is -1.04. The molecular formula is C27H43BrO3Si. The summed E-state index contributed by atoms with van der Waals surface area (Å²) in [5.41, 5.74) is 1.16. The van der Waals surface area contributed by atoms with E-state index < -0.39 is 8.32 Å². The molecule has 0 aromatic heterocycles. The molecule has 0 spiro atoms. The Morgan fingerprint density at radius 1 is 1.09 bits per heavy atom. The van der Waals surface area contributed by atoms with Crippen LogP contribution in [0.5, 0.6) is 5.75 Å². The van der Waals surface area contributed by atoms with Crippen LogP contribution in [0.2, 0.25) is 18.1 Å². The van der Waals surface area contributed by atoms with Gasteiger partial charge in [0.1, 0.15) is 5.75 Å². The third-order valence-electron chi connectivity index (χ3n) is 6.77. The van der Waals surface area contributed by atoms with Crippen LogP contribution in [0.4, 0.5) is 0 Å². The highest BCUT2D eigenvalue weighted by Gasteiger charge is 2.43. The maximum atomic E-state index is 6.73. The van der Waals surface area contributed by atoms with Crippen molar-refractivity contribution in [2.45, 2.75) is 97.1 Å². The molecule has 0 amide bonds. The lowest BCUT2D eigenvalue weighted by molar-refractivity contribution is 0.0187. The average molecular weight is 524 g/mol. The fourth-order valence-electron chi connectivity index (χ4n) is 3.57. The van der Waals surface area contributed by atoms with Gasteiger partial charge in [-0.05, 0) is 55.1 Å². The lowest BCUT2D eigenvalue weighted by atomic mass is 10.0. The molecule has 180 valence electrons. The number of benzene rings is 1. The number of ether oxygens (including phenoxy) is 2. The molecule has 1 aromatic carbocycles. The Kier molecular flexibility index (Phi) is 10.6. The summed E-state index contributed by atoms with van der Waals surface area (Å²) in [5.74, 6) is 2.27. The van der Waals surface area contributed by atoms with E-state index in [4.69, 9.17) is 13.9 Å². The summed E-state index contributed by atoms with van der Waals surface area (Å²) in [6.07, 6.45) is 11.6. The first-order valence-electron chi connectivity index (χ1n) is 12.1. The molecule has 0 saturated heterocycles. The van der Waals surface area contributed by atoms with Gasteiger partial charge in [-0.15, -0.1) is 0 Å².